The Morgan fingerprint density at radius 3 is 2.41 bits per heavy atom. The summed E-state index contributed by atoms with van der Waals surface area (Å²) >= 11 is 5.74. The normalized spacial score (nSPS) is 13.3. The summed E-state index contributed by atoms with van der Waals surface area (Å²) in [6.07, 6.45) is 2.90. The quantitative estimate of drug-likeness (QED) is 0.370. The average molecular weight is 463 g/mol. The van der Waals surface area contributed by atoms with Crippen molar-refractivity contribution >= 4 is 46.2 Å². The minimum atomic E-state index is -0.907. The van der Waals surface area contributed by atoms with Crippen LogP contribution in [0, 0.1) is 20.2 Å². The van der Waals surface area contributed by atoms with E-state index in [9.17, 15) is 29.8 Å². The highest BCUT2D eigenvalue weighted by Gasteiger charge is 2.24. The van der Waals surface area contributed by atoms with E-state index in [1.54, 1.807) is 0 Å². The Morgan fingerprint density at radius 1 is 1.03 bits per heavy atom. The lowest BCUT2D eigenvalue weighted by molar-refractivity contribution is -0.384. The van der Waals surface area contributed by atoms with Crippen LogP contribution in [0.3, 0.4) is 0 Å². The topological polar surface area (TPSA) is 145 Å². The number of esters is 1. The first kappa shape index (κ1) is 22.9. The third-order valence-corrected chi connectivity index (χ3v) is 5.11. The van der Waals surface area contributed by atoms with Crippen molar-refractivity contribution in [1.82, 2.24) is 0 Å². The molecule has 1 aliphatic heterocycles. The molecule has 0 aromatic heterocycles. The number of hydrogen-bond acceptors (Lipinski definition) is 8. The maximum atomic E-state index is 12.7. The molecule has 1 amide bonds. The second-order valence-corrected chi connectivity index (χ2v) is 7.49. The van der Waals surface area contributed by atoms with E-state index in [4.69, 9.17) is 16.3 Å². The minimum Gasteiger partial charge on any atom is -0.452 e. The van der Waals surface area contributed by atoms with Crippen molar-refractivity contribution in [2.24, 2.45) is 0 Å². The van der Waals surface area contributed by atoms with Crippen LogP contribution in [0.5, 0.6) is 0 Å². The molecule has 3 rings (SSSR count). The number of nitrogens with one attached hydrogen (secondary N) is 1. The number of non-ortho nitro benzene ring substituents is 1. The van der Waals surface area contributed by atoms with Crippen LogP contribution in [0.2, 0.25) is 5.02 Å². The fourth-order valence-electron chi connectivity index (χ4n) is 3.37. The molecule has 1 heterocycles. The second kappa shape index (κ2) is 10.1. The van der Waals surface area contributed by atoms with Crippen molar-refractivity contribution in [2.75, 3.05) is 29.9 Å². The third-order valence-electron chi connectivity index (χ3n) is 4.87. The largest absolute Gasteiger partial charge is 0.452 e. The molecule has 2 aromatic rings. The van der Waals surface area contributed by atoms with E-state index < -0.39 is 34.0 Å². The van der Waals surface area contributed by atoms with Gasteiger partial charge in [-0.15, -0.1) is 0 Å². The molecule has 1 saturated heterocycles. The first-order valence-electron chi connectivity index (χ1n) is 9.70. The molecule has 1 fully saturated rings. The molecule has 0 aliphatic carbocycles. The molecule has 0 spiro atoms. The van der Waals surface area contributed by atoms with E-state index in [-0.39, 0.29) is 22.0 Å². The van der Waals surface area contributed by atoms with Crippen LogP contribution in [0.1, 0.15) is 29.6 Å². The average Bonchev–Trinajstić information content (AvgIpc) is 2.78. The van der Waals surface area contributed by atoms with E-state index in [0.717, 1.165) is 31.4 Å². The Bertz CT molecular complexity index is 1070. The van der Waals surface area contributed by atoms with Crippen molar-refractivity contribution in [2.45, 2.75) is 19.3 Å². The smallest absolute Gasteiger partial charge is 0.341 e. The number of amides is 1. The van der Waals surface area contributed by atoms with Crippen molar-refractivity contribution < 1.29 is 24.2 Å². The number of nitrogens with zero attached hydrogens (tertiary/aromatic N) is 3. The third kappa shape index (κ3) is 5.49. The van der Waals surface area contributed by atoms with Crippen molar-refractivity contribution in [3.63, 3.8) is 0 Å². The fraction of sp³-hybridized carbons (Fsp3) is 0.300. The molecule has 168 valence electrons. The van der Waals surface area contributed by atoms with Crippen LogP contribution in [-0.4, -0.2) is 41.4 Å². The lowest BCUT2D eigenvalue weighted by Crippen LogP contribution is -2.31. The summed E-state index contributed by atoms with van der Waals surface area (Å²) in [4.78, 5) is 47.8. The van der Waals surface area contributed by atoms with Crippen LogP contribution in [0.25, 0.3) is 0 Å². The van der Waals surface area contributed by atoms with E-state index in [1.807, 2.05) is 4.90 Å². The number of ether oxygens (including phenoxy) is 1. The van der Waals surface area contributed by atoms with Gasteiger partial charge in [-0.25, -0.2) is 4.79 Å². The number of carbonyl (C=O) groups excluding carboxylic acids is 2. The molecular formula is C20H19ClN4O7. The molecule has 11 nitrogen and oxygen atoms in total. The van der Waals surface area contributed by atoms with Gasteiger partial charge in [-0.05, 0) is 37.5 Å². The Hall–Kier alpha value is -3.73. The molecule has 0 radical (unpaired) electrons. The van der Waals surface area contributed by atoms with Gasteiger partial charge in [0.2, 0.25) is 0 Å². The predicted octanol–water partition coefficient (Wildman–Crippen LogP) is 3.94. The van der Waals surface area contributed by atoms with Gasteiger partial charge in [0.15, 0.2) is 6.61 Å². The molecule has 0 saturated carbocycles. The van der Waals surface area contributed by atoms with Gasteiger partial charge < -0.3 is 15.0 Å². The Balaban J connectivity index is 1.74. The zero-order chi connectivity index (χ0) is 23.3. The lowest BCUT2D eigenvalue weighted by atomic mass is 10.1. The molecule has 2 aromatic carbocycles. The molecule has 12 heteroatoms. The summed E-state index contributed by atoms with van der Waals surface area (Å²) in [5.74, 6) is -1.72. The van der Waals surface area contributed by atoms with E-state index in [1.165, 1.54) is 24.3 Å². The number of hydrogen-bond donors (Lipinski definition) is 1. The number of benzene rings is 2. The highest BCUT2D eigenvalue weighted by molar-refractivity contribution is 6.31. The monoisotopic (exact) mass is 462 g/mol. The molecule has 0 unspecified atom stereocenters. The van der Waals surface area contributed by atoms with Crippen molar-refractivity contribution in [3.8, 4) is 0 Å². The van der Waals surface area contributed by atoms with Gasteiger partial charge in [0.25, 0.3) is 17.3 Å². The Kier molecular flexibility index (Phi) is 7.21. The van der Waals surface area contributed by atoms with Crippen molar-refractivity contribution in [3.05, 3.63) is 67.2 Å². The van der Waals surface area contributed by atoms with Crippen LogP contribution < -0.4 is 10.2 Å². The maximum absolute atomic E-state index is 12.7. The first-order chi connectivity index (χ1) is 15.3. The molecule has 1 N–H and O–H groups in total. The molecule has 32 heavy (non-hydrogen) atoms. The lowest BCUT2D eigenvalue weighted by Gasteiger charge is -2.30. The zero-order valence-electron chi connectivity index (χ0n) is 16.8. The summed E-state index contributed by atoms with van der Waals surface area (Å²) in [6, 6.07) is 7.63. The van der Waals surface area contributed by atoms with Gasteiger partial charge in [-0.2, -0.15) is 0 Å². The number of rotatable bonds is 7. The second-order valence-electron chi connectivity index (χ2n) is 7.05. The fourth-order valence-corrected chi connectivity index (χ4v) is 3.53. The summed E-state index contributed by atoms with van der Waals surface area (Å²) in [6.45, 7) is 0.651. The number of nitro groups is 2. The zero-order valence-corrected chi connectivity index (χ0v) is 17.5. The van der Waals surface area contributed by atoms with E-state index in [0.29, 0.717) is 18.8 Å². The summed E-state index contributed by atoms with van der Waals surface area (Å²) < 4.78 is 5.06. The highest BCUT2D eigenvalue weighted by Crippen LogP contribution is 2.29. The summed E-state index contributed by atoms with van der Waals surface area (Å²) in [7, 11) is 0. The van der Waals surface area contributed by atoms with Crippen LogP contribution in [0.15, 0.2) is 36.4 Å². The van der Waals surface area contributed by atoms with Crippen LogP contribution in [0.4, 0.5) is 22.7 Å². The summed E-state index contributed by atoms with van der Waals surface area (Å²) in [5.41, 5.74) is -0.326. The number of nitro benzene ring substituents is 2. The van der Waals surface area contributed by atoms with Crippen LogP contribution >= 0.6 is 11.6 Å². The van der Waals surface area contributed by atoms with Gasteiger partial charge in [-0.3, -0.25) is 25.0 Å². The van der Waals surface area contributed by atoms with Gasteiger partial charge in [0.05, 0.1) is 21.1 Å². The van der Waals surface area contributed by atoms with E-state index >= 15 is 0 Å². The van der Waals surface area contributed by atoms with Gasteiger partial charge in [-0.1, -0.05) is 11.6 Å². The van der Waals surface area contributed by atoms with Gasteiger partial charge >= 0.3 is 5.97 Å². The molecule has 0 atom stereocenters. The van der Waals surface area contributed by atoms with Gasteiger partial charge in [0.1, 0.15) is 5.69 Å². The Labute approximate surface area is 187 Å². The number of carbonyl (C=O) groups is 2. The van der Waals surface area contributed by atoms with Crippen molar-refractivity contribution in [1.29, 1.82) is 0 Å². The van der Waals surface area contributed by atoms with Crippen LogP contribution in [-0.2, 0) is 9.53 Å². The molecular weight excluding hydrogens is 444 g/mol. The van der Waals surface area contributed by atoms with E-state index in [2.05, 4.69) is 5.32 Å². The maximum Gasteiger partial charge on any atom is 0.341 e. The predicted molar refractivity (Wildman–Crippen MR) is 116 cm³/mol. The highest BCUT2D eigenvalue weighted by atomic mass is 35.5. The first-order valence-corrected chi connectivity index (χ1v) is 10.1. The standard InChI is InChI=1S/C20H19ClN4O7/c21-13-4-6-16(18(10-13)25(30)31)22-19(26)12-32-20(27)15-11-14(24(28)29)5-7-17(15)23-8-2-1-3-9-23/h4-7,10-11H,1-3,8-9,12H2,(H,22,26). The summed E-state index contributed by atoms with van der Waals surface area (Å²) in [5, 5.41) is 24.7. The number of anilines is 2. The number of halogens is 1. The Morgan fingerprint density at radius 2 is 1.75 bits per heavy atom. The minimum absolute atomic E-state index is 0.0219. The SMILES string of the molecule is O=C(COC(=O)c1cc([N+](=O)[O-])ccc1N1CCCCC1)Nc1ccc(Cl)cc1[N+](=O)[O-]. The molecule has 0 bridgehead atoms. The molecule has 1 aliphatic rings. The number of piperidine rings is 1. The van der Waals surface area contributed by atoms with Gasteiger partial charge in [0, 0.05) is 36.3 Å².